The number of nitro benzene ring substituents is 1. The highest BCUT2D eigenvalue weighted by molar-refractivity contribution is 6.31. The molecule has 1 heterocycles. The molecule has 1 aliphatic heterocycles. The number of hydrogen-bond acceptors (Lipinski definition) is 6. The Kier molecular flexibility index (Phi) is 5.04. The number of carbonyl (C=O) groups is 3. The highest BCUT2D eigenvalue weighted by Crippen LogP contribution is 2.29. The largest absolute Gasteiger partial charge is 0.452 e. The van der Waals surface area contributed by atoms with Crippen LogP contribution in [-0.2, 0) is 14.3 Å². The number of nitrogens with one attached hydrogen (secondary N) is 1. The molecule has 0 bridgehead atoms. The van der Waals surface area contributed by atoms with Crippen LogP contribution in [0.15, 0.2) is 42.5 Å². The number of benzene rings is 2. The summed E-state index contributed by atoms with van der Waals surface area (Å²) in [5.41, 5.74) is 0.0778. The molecule has 0 atom stereocenters. The summed E-state index contributed by atoms with van der Waals surface area (Å²) in [6, 6.07) is 10.1. The van der Waals surface area contributed by atoms with E-state index in [2.05, 4.69) is 5.32 Å². The molecule has 0 aliphatic carbocycles. The molecule has 0 spiro atoms. The maximum absolute atomic E-state index is 12.4. The molecule has 3 rings (SSSR count). The minimum absolute atomic E-state index is 0.0882. The summed E-state index contributed by atoms with van der Waals surface area (Å²) in [6.45, 7) is -0.908. The van der Waals surface area contributed by atoms with Gasteiger partial charge in [0.05, 0.1) is 16.3 Å². The fraction of sp³-hybridized carbons (Fsp3) is 0.118. The lowest BCUT2D eigenvalue weighted by atomic mass is 10.2. The van der Waals surface area contributed by atoms with Crippen molar-refractivity contribution in [3.05, 3.63) is 63.2 Å². The first-order valence-corrected chi connectivity index (χ1v) is 8.05. The van der Waals surface area contributed by atoms with Gasteiger partial charge >= 0.3 is 5.97 Å². The van der Waals surface area contributed by atoms with Gasteiger partial charge in [0.2, 0.25) is 5.91 Å². The summed E-state index contributed by atoms with van der Waals surface area (Å²) >= 11 is 5.70. The van der Waals surface area contributed by atoms with Crippen LogP contribution >= 0.6 is 11.6 Å². The number of halogens is 1. The molecule has 0 saturated heterocycles. The molecule has 27 heavy (non-hydrogen) atoms. The quantitative estimate of drug-likeness (QED) is 0.487. The van der Waals surface area contributed by atoms with Gasteiger partial charge < -0.3 is 10.1 Å². The number of ether oxygens (including phenoxy) is 1. The zero-order valence-electron chi connectivity index (χ0n) is 13.7. The number of fused-ring (bicyclic) bond motifs is 1. The van der Waals surface area contributed by atoms with E-state index in [4.69, 9.17) is 16.3 Å². The third-order valence-corrected chi connectivity index (χ3v) is 4.01. The zero-order chi connectivity index (χ0) is 19.6. The Hall–Kier alpha value is -3.46. The average Bonchev–Trinajstić information content (AvgIpc) is 2.64. The first-order chi connectivity index (χ1) is 12.9. The third kappa shape index (κ3) is 3.87. The van der Waals surface area contributed by atoms with Crippen molar-refractivity contribution in [3.8, 4) is 0 Å². The molecule has 2 aromatic rings. The van der Waals surface area contributed by atoms with Gasteiger partial charge in [-0.1, -0.05) is 23.7 Å². The number of rotatable bonds is 4. The SMILES string of the molecule is O=C1CN(C(=O)COC(=O)c2ccc(Cl)cc2[N+](=O)[O-])c2ccccc2N1. The van der Waals surface area contributed by atoms with E-state index in [9.17, 15) is 24.5 Å². The maximum atomic E-state index is 12.4. The number of esters is 1. The van der Waals surface area contributed by atoms with E-state index < -0.39 is 29.1 Å². The highest BCUT2D eigenvalue weighted by atomic mass is 35.5. The summed E-state index contributed by atoms with van der Waals surface area (Å²) in [5.74, 6) is -2.06. The molecule has 2 aromatic carbocycles. The molecule has 0 radical (unpaired) electrons. The number of amides is 2. The zero-order valence-corrected chi connectivity index (χ0v) is 14.4. The fourth-order valence-electron chi connectivity index (χ4n) is 2.57. The van der Waals surface area contributed by atoms with Gasteiger partial charge in [-0.05, 0) is 24.3 Å². The van der Waals surface area contributed by atoms with E-state index in [0.29, 0.717) is 11.4 Å². The molecule has 0 fully saturated rings. The number of para-hydroxylation sites is 2. The molecule has 1 N–H and O–H groups in total. The third-order valence-electron chi connectivity index (χ3n) is 3.77. The second-order valence-electron chi connectivity index (χ2n) is 5.54. The van der Waals surface area contributed by atoms with E-state index >= 15 is 0 Å². The molecule has 10 heteroatoms. The molecule has 2 amide bonds. The smallest absolute Gasteiger partial charge is 0.345 e. The van der Waals surface area contributed by atoms with Crippen LogP contribution in [0.2, 0.25) is 5.02 Å². The molecule has 0 saturated carbocycles. The maximum Gasteiger partial charge on any atom is 0.345 e. The first kappa shape index (κ1) is 18.3. The molecular formula is C17H12ClN3O6. The second kappa shape index (κ2) is 7.42. The van der Waals surface area contributed by atoms with Crippen molar-refractivity contribution in [2.24, 2.45) is 0 Å². The summed E-state index contributed by atoms with van der Waals surface area (Å²) in [6.07, 6.45) is 0. The van der Waals surface area contributed by atoms with Gasteiger partial charge in [-0.2, -0.15) is 0 Å². The van der Waals surface area contributed by atoms with Crippen LogP contribution in [0.5, 0.6) is 0 Å². The van der Waals surface area contributed by atoms with Crippen molar-refractivity contribution >= 4 is 46.4 Å². The Morgan fingerprint density at radius 1 is 1.26 bits per heavy atom. The number of anilines is 2. The Morgan fingerprint density at radius 3 is 2.74 bits per heavy atom. The van der Waals surface area contributed by atoms with E-state index in [1.807, 2.05) is 0 Å². The Morgan fingerprint density at radius 2 is 2.00 bits per heavy atom. The van der Waals surface area contributed by atoms with Crippen LogP contribution in [0, 0.1) is 10.1 Å². The standard InChI is InChI=1S/C17H12ClN3O6/c18-10-5-6-11(14(7-10)21(25)26)17(24)27-9-16(23)20-8-15(22)19-12-3-1-2-4-13(12)20/h1-7H,8-9H2,(H,19,22). The first-order valence-electron chi connectivity index (χ1n) is 7.67. The minimum Gasteiger partial charge on any atom is -0.452 e. The van der Waals surface area contributed by atoms with Crippen LogP contribution < -0.4 is 10.2 Å². The summed E-state index contributed by atoms with van der Waals surface area (Å²) in [4.78, 5) is 47.8. The Balaban J connectivity index is 1.74. The second-order valence-corrected chi connectivity index (χ2v) is 5.98. The highest BCUT2D eigenvalue weighted by Gasteiger charge is 2.28. The van der Waals surface area contributed by atoms with Crippen LogP contribution in [0.4, 0.5) is 17.1 Å². The predicted molar refractivity (Wildman–Crippen MR) is 95.8 cm³/mol. The van der Waals surface area contributed by atoms with E-state index in [-0.39, 0.29) is 23.0 Å². The molecule has 1 aliphatic rings. The molecule has 0 aromatic heterocycles. The Labute approximate surface area is 157 Å². The van der Waals surface area contributed by atoms with Gasteiger partial charge in [-0.3, -0.25) is 24.6 Å². The number of nitrogens with zero attached hydrogens (tertiary/aromatic N) is 2. The lowest BCUT2D eigenvalue weighted by Gasteiger charge is -2.28. The normalized spacial score (nSPS) is 12.8. The van der Waals surface area contributed by atoms with E-state index in [0.717, 1.165) is 12.1 Å². The molecule has 9 nitrogen and oxygen atoms in total. The minimum atomic E-state index is -1.04. The van der Waals surface area contributed by atoms with E-state index in [1.165, 1.54) is 11.0 Å². The monoisotopic (exact) mass is 389 g/mol. The van der Waals surface area contributed by atoms with Gasteiger partial charge in [-0.25, -0.2) is 4.79 Å². The summed E-state index contributed by atoms with van der Waals surface area (Å²) in [7, 11) is 0. The van der Waals surface area contributed by atoms with Gasteiger partial charge in [0, 0.05) is 11.1 Å². The number of nitro groups is 1. The van der Waals surface area contributed by atoms with Crippen molar-refractivity contribution in [1.29, 1.82) is 0 Å². The van der Waals surface area contributed by atoms with Gasteiger partial charge in [0.1, 0.15) is 12.1 Å². The number of hydrogen-bond donors (Lipinski definition) is 1. The van der Waals surface area contributed by atoms with Crippen molar-refractivity contribution in [2.75, 3.05) is 23.4 Å². The van der Waals surface area contributed by atoms with Crippen LogP contribution in [0.1, 0.15) is 10.4 Å². The van der Waals surface area contributed by atoms with E-state index in [1.54, 1.807) is 24.3 Å². The molecular weight excluding hydrogens is 378 g/mol. The van der Waals surface area contributed by atoms with Crippen molar-refractivity contribution in [3.63, 3.8) is 0 Å². The topological polar surface area (TPSA) is 119 Å². The van der Waals surface area contributed by atoms with Crippen molar-refractivity contribution < 1.29 is 24.0 Å². The predicted octanol–water partition coefficient (Wildman–Crippen LogP) is 2.39. The lowest BCUT2D eigenvalue weighted by Crippen LogP contribution is -2.44. The van der Waals surface area contributed by atoms with Crippen molar-refractivity contribution in [1.82, 2.24) is 0 Å². The lowest BCUT2D eigenvalue weighted by molar-refractivity contribution is -0.385. The fourth-order valence-corrected chi connectivity index (χ4v) is 2.73. The Bertz CT molecular complexity index is 961. The molecule has 0 unspecified atom stereocenters. The van der Waals surface area contributed by atoms with Crippen molar-refractivity contribution in [2.45, 2.75) is 0 Å². The average molecular weight is 390 g/mol. The summed E-state index contributed by atoms with van der Waals surface area (Å²) in [5, 5.41) is 13.8. The van der Waals surface area contributed by atoms with Gasteiger partial charge in [-0.15, -0.1) is 0 Å². The van der Waals surface area contributed by atoms with Crippen LogP contribution in [-0.4, -0.2) is 35.9 Å². The van der Waals surface area contributed by atoms with Gasteiger partial charge in [0.25, 0.3) is 11.6 Å². The van der Waals surface area contributed by atoms with Crippen LogP contribution in [0.25, 0.3) is 0 Å². The number of carbonyl (C=O) groups excluding carboxylic acids is 3. The molecule has 138 valence electrons. The summed E-state index contributed by atoms with van der Waals surface area (Å²) < 4.78 is 4.91. The van der Waals surface area contributed by atoms with Crippen LogP contribution in [0.3, 0.4) is 0 Å². The van der Waals surface area contributed by atoms with Gasteiger partial charge in [0.15, 0.2) is 6.61 Å².